The first kappa shape index (κ1) is 22.5. The van der Waals surface area contributed by atoms with Crippen molar-refractivity contribution >= 4 is 28.6 Å². The highest BCUT2D eigenvalue weighted by Gasteiger charge is 2.30. The third-order valence-corrected chi connectivity index (χ3v) is 6.71. The number of rotatable bonds is 7. The summed E-state index contributed by atoms with van der Waals surface area (Å²) in [6.45, 7) is 4.46. The zero-order valence-corrected chi connectivity index (χ0v) is 19.1. The van der Waals surface area contributed by atoms with Crippen LogP contribution in [0.25, 0.3) is 10.9 Å². The van der Waals surface area contributed by atoms with E-state index in [0.29, 0.717) is 49.0 Å². The molecule has 8 heteroatoms. The number of methoxy groups -OCH3 is 1. The van der Waals surface area contributed by atoms with Gasteiger partial charge >= 0.3 is 0 Å². The van der Waals surface area contributed by atoms with Gasteiger partial charge in [0.2, 0.25) is 5.91 Å². The molecule has 3 aromatic rings. The molecule has 1 amide bonds. The molecule has 1 aliphatic heterocycles. The van der Waals surface area contributed by atoms with Crippen LogP contribution in [0.4, 0.5) is 0 Å². The average Bonchev–Trinajstić information content (AvgIpc) is 2.83. The zero-order chi connectivity index (χ0) is 22.5. The molecule has 4 rings (SSSR count). The number of benzene rings is 2. The lowest BCUT2D eigenvalue weighted by atomic mass is 10.1. The van der Waals surface area contributed by atoms with Crippen LogP contribution in [-0.4, -0.2) is 60.4 Å². The summed E-state index contributed by atoms with van der Waals surface area (Å²) in [5, 5.41) is 0.535. The molecule has 0 bridgehead atoms. The molecular formula is C24H27N3O4S. The first-order valence-corrected chi connectivity index (χ1v) is 11.6. The molecule has 0 spiro atoms. The van der Waals surface area contributed by atoms with Crippen LogP contribution >= 0.6 is 11.8 Å². The van der Waals surface area contributed by atoms with E-state index < -0.39 is 5.25 Å². The van der Waals surface area contributed by atoms with Gasteiger partial charge in [0.05, 0.1) is 36.8 Å². The fourth-order valence-corrected chi connectivity index (χ4v) is 5.14. The molecule has 7 nitrogen and oxygen atoms in total. The number of morpholine rings is 1. The summed E-state index contributed by atoms with van der Waals surface area (Å²) in [4.78, 5) is 33.6. The quantitative estimate of drug-likeness (QED) is 0.404. The van der Waals surface area contributed by atoms with Crippen LogP contribution < -0.4 is 5.56 Å². The molecule has 0 radical (unpaired) electrons. The number of ether oxygens (including phenoxy) is 2. The number of hydrogen-bond donors (Lipinski definition) is 0. The van der Waals surface area contributed by atoms with E-state index in [9.17, 15) is 9.59 Å². The van der Waals surface area contributed by atoms with E-state index in [1.54, 1.807) is 17.7 Å². The maximum atomic E-state index is 13.6. The van der Waals surface area contributed by atoms with Gasteiger partial charge in [0, 0.05) is 20.2 Å². The third-order valence-electron chi connectivity index (χ3n) is 5.50. The minimum absolute atomic E-state index is 0.00199. The maximum Gasteiger partial charge on any atom is 0.262 e. The van der Waals surface area contributed by atoms with Crippen LogP contribution in [0, 0.1) is 0 Å². The standard InChI is InChI=1S/C24H27N3O4S/c1-17(16-30-2)27-22(28)19-10-6-7-11-20(19)25-24(27)32-21(18-8-4-3-5-9-18)23(29)26-12-14-31-15-13-26/h3-11,17,21H,12-16H2,1-2H3/t17-,21+/m1/s1. The van der Waals surface area contributed by atoms with Crippen LogP contribution in [0.2, 0.25) is 0 Å². The second kappa shape index (κ2) is 10.3. The Balaban J connectivity index is 1.80. The van der Waals surface area contributed by atoms with Crippen molar-refractivity contribution in [2.45, 2.75) is 23.4 Å². The highest BCUT2D eigenvalue weighted by Crippen LogP contribution is 2.37. The van der Waals surface area contributed by atoms with E-state index in [2.05, 4.69) is 0 Å². The Labute approximate surface area is 191 Å². The third kappa shape index (κ3) is 4.72. The number of amides is 1. The normalized spacial score (nSPS) is 16.1. The van der Waals surface area contributed by atoms with Gasteiger partial charge in [0.25, 0.3) is 5.56 Å². The molecule has 1 fully saturated rings. The van der Waals surface area contributed by atoms with Crippen LogP contribution in [0.3, 0.4) is 0 Å². The Hall–Kier alpha value is -2.68. The number of nitrogens with zero attached hydrogens (tertiary/aromatic N) is 3. The van der Waals surface area contributed by atoms with Crippen LogP contribution in [0.15, 0.2) is 64.5 Å². The molecule has 32 heavy (non-hydrogen) atoms. The van der Waals surface area contributed by atoms with Crippen molar-refractivity contribution in [3.8, 4) is 0 Å². The number of hydrogen-bond acceptors (Lipinski definition) is 6. The Kier molecular flexibility index (Phi) is 7.24. The second-order valence-corrected chi connectivity index (χ2v) is 8.81. The van der Waals surface area contributed by atoms with Gasteiger partial charge in [0.15, 0.2) is 5.16 Å². The average molecular weight is 454 g/mol. The van der Waals surface area contributed by atoms with E-state index >= 15 is 0 Å². The highest BCUT2D eigenvalue weighted by molar-refractivity contribution is 8.00. The molecule has 168 valence electrons. The number of carbonyl (C=O) groups is 1. The lowest BCUT2D eigenvalue weighted by molar-refractivity contribution is -0.134. The minimum atomic E-state index is -0.525. The largest absolute Gasteiger partial charge is 0.383 e. The molecule has 1 aliphatic rings. The van der Waals surface area contributed by atoms with Crippen molar-refractivity contribution < 1.29 is 14.3 Å². The molecule has 2 aromatic carbocycles. The van der Waals surface area contributed by atoms with Crippen LogP contribution in [0.1, 0.15) is 23.8 Å². The number of thioether (sulfide) groups is 1. The molecule has 1 aromatic heterocycles. The van der Waals surface area contributed by atoms with Gasteiger partial charge in [-0.3, -0.25) is 14.2 Å². The van der Waals surface area contributed by atoms with Crippen LogP contribution in [0.5, 0.6) is 0 Å². The van der Waals surface area contributed by atoms with Gasteiger partial charge in [-0.1, -0.05) is 54.2 Å². The van der Waals surface area contributed by atoms with Gasteiger partial charge in [-0.05, 0) is 24.6 Å². The molecule has 0 aliphatic carbocycles. The molecule has 0 N–H and O–H groups in total. The monoisotopic (exact) mass is 453 g/mol. The Bertz CT molecular complexity index is 1130. The summed E-state index contributed by atoms with van der Waals surface area (Å²) < 4.78 is 12.4. The maximum absolute atomic E-state index is 13.6. The Morgan fingerprint density at radius 2 is 1.81 bits per heavy atom. The lowest BCUT2D eigenvalue weighted by Gasteiger charge is -2.30. The van der Waals surface area contributed by atoms with E-state index in [-0.39, 0.29) is 17.5 Å². The minimum Gasteiger partial charge on any atom is -0.383 e. The topological polar surface area (TPSA) is 73.7 Å². The van der Waals surface area contributed by atoms with Crippen molar-refractivity contribution in [3.05, 3.63) is 70.5 Å². The van der Waals surface area contributed by atoms with Crippen molar-refractivity contribution in [2.24, 2.45) is 0 Å². The van der Waals surface area contributed by atoms with Gasteiger partial charge in [-0.15, -0.1) is 0 Å². The first-order chi connectivity index (χ1) is 15.6. The number of aromatic nitrogens is 2. The Morgan fingerprint density at radius 3 is 2.53 bits per heavy atom. The van der Waals surface area contributed by atoms with E-state index in [1.165, 1.54) is 11.8 Å². The molecule has 1 saturated heterocycles. The number of carbonyl (C=O) groups excluding carboxylic acids is 1. The van der Waals surface area contributed by atoms with Crippen molar-refractivity contribution in [3.63, 3.8) is 0 Å². The van der Waals surface area contributed by atoms with Gasteiger partial charge < -0.3 is 14.4 Å². The summed E-state index contributed by atoms with van der Waals surface area (Å²) in [5.41, 5.74) is 1.36. The smallest absolute Gasteiger partial charge is 0.262 e. The SMILES string of the molecule is COC[C@@H](C)n1c(S[C@H](C(=O)N2CCOCC2)c2ccccc2)nc2ccccc2c1=O. The predicted molar refractivity (Wildman–Crippen MR) is 125 cm³/mol. The van der Waals surface area contributed by atoms with E-state index in [4.69, 9.17) is 14.5 Å². The molecule has 2 heterocycles. The second-order valence-electron chi connectivity index (χ2n) is 7.74. The number of fused-ring (bicyclic) bond motifs is 1. The zero-order valence-electron chi connectivity index (χ0n) is 18.3. The predicted octanol–water partition coefficient (Wildman–Crippen LogP) is 3.30. The van der Waals surface area contributed by atoms with Gasteiger partial charge in [-0.25, -0.2) is 4.98 Å². The molecule has 0 unspecified atom stereocenters. The molecule has 2 atom stereocenters. The fraction of sp³-hybridized carbons (Fsp3) is 0.375. The summed E-state index contributed by atoms with van der Waals surface area (Å²) >= 11 is 1.32. The van der Waals surface area contributed by atoms with E-state index in [0.717, 1.165) is 5.56 Å². The molecule has 0 saturated carbocycles. The Morgan fingerprint density at radius 1 is 1.12 bits per heavy atom. The summed E-state index contributed by atoms with van der Waals surface area (Å²) in [6, 6.07) is 16.7. The van der Waals surface area contributed by atoms with Crippen molar-refractivity contribution in [2.75, 3.05) is 40.0 Å². The first-order valence-electron chi connectivity index (χ1n) is 10.7. The van der Waals surface area contributed by atoms with E-state index in [1.807, 2.05) is 60.4 Å². The summed E-state index contributed by atoms with van der Waals surface area (Å²) in [7, 11) is 1.61. The lowest BCUT2D eigenvalue weighted by Crippen LogP contribution is -2.42. The van der Waals surface area contributed by atoms with Crippen LogP contribution in [-0.2, 0) is 14.3 Å². The van der Waals surface area contributed by atoms with Crippen molar-refractivity contribution in [1.29, 1.82) is 0 Å². The molecular weight excluding hydrogens is 426 g/mol. The van der Waals surface area contributed by atoms with Gasteiger partial charge in [0.1, 0.15) is 5.25 Å². The highest BCUT2D eigenvalue weighted by atomic mass is 32.2. The number of para-hydroxylation sites is 1. The summed E-state index contributed by atoms with van der Waals surface area (Å²) in [5.74, 6) is -0.00199. The summed E-state index contributed by atoms with van der Waals surface area (Å²) in [6.07, 6.45) is 0. The fourth-order valence-electron chi connectivity index (χ4n) is 3.86. The van der Waals surface area contributed by atoms with Crippen molar-refractivity contribution in [1.82, 2.24) is 14.5 Å². The van der Waals surface area contributed by atoms with Gasteiger partial charge in [-0.2, -0.15) is 0 Å².